The molecule has 1 aromatic rings. The minimum atomic E-state index is -3.93. The summed E-state index contributed by atoms with van der Waals surface area (Å²) in [5, 5.41) is 11.6. The predicted octanol–water partition coefficient (Wildman–Crippen LogP) is 3.83. The van der Waals surface area contributed by atoms with Gasteiger partial charge in [0.1, 0.15) is 17.2 Å². The van der Waals surface area contributed by atoms with Crippen LogP contribution in [0.3, 0.4) is 0 Å². The Morgan fingerprint density at radius 3 is 2.42 bits per heavy atom. The number of hydrogen-bond acceptors (Lipinski definition) is 6. The zero-order chi connectivity index (χ0) is 24.4. The number of ether oxygens (including phenoxy) is 1. The molecule has 33 heavy (non-hydrogen) atoms. The highest BCUT2D eigenvalue weighted by atomic mass is 35.5. The fraction of sp³-hybridized carbons (Fsp3) is 0.609. The van der Waals surface area contributed by atoms with E-state index in [0.717, 1.165) is 24.2 Å². The van der Waals surface area contributed by atoms with Crippen molar-refractivity contribution in [2.24, 2.45) is 0 Å². The Hall–Kier alpha value is -2.31. The molecule has 1 N–H and O–H groups in total. The van der Waals surface area contributed by atoms with Crippen molar-refractivity contribution in [2.45, 2.75) is 86.6 Å². The molecule has 0 aromatic heterocycles. The molecule has 1 aliphatic heterocycles. The lowest BCUT2D eigenvalue weighted by atomic mass is 9.82. The van der Waals surface area contributed by atoms with Gasteiger partial charge in [0.05, 0.1) is 21.2 Å². The first-order chi connectivity index (χ1) is 15.4. The van der Waals surface area contributed by atoms with E-state index in [4.69, 9.17) is 16.3 Å². The molecular formula is C23H30ClN3O5S. The maximum atomic E-state index is 13.3. The molecule has 8 nitrogen and oxygen atoms in total. The fourth-order valence-corrected chi connectivity index (χ4v) is 6.61. The van der Waals surface area contributed by atoms with Crippen molar-refractivity contribution in [1.82, 2.24) is 10.2 Å². The second kappa shape index (κ2) is 9.51. The number of likely N-dealkylation sites (tertiary alicyclic amines) is 1. The molecule has 0 radical (unpaired) electrons. The van der Waals surface area contributed by atoms with Gasteiger partial charge in [0.15, 0.2) is 9.84 Å². The average Bonchev–Trinajstić information content (AvgIpc) is 3.20. The van der Waals surface area contributed by atoms with Gasteiger partial charge in [0.2, 0.25) is 5.91 Å². The Bertz CT molecular complexity index is 1050. The lowest BCUT2D eigenvalue weighted by Gasteiger charge is -2.34. The van der Waals surface area contributed by atoms with Gasteiger partial charge in [-0.1, -0.05) is 43.0 Å². The number of benzene rings is 1. The first kappa shape index (κ1) is 25.3. The molecule has 2 unspecified atom stereocenters. The largest absolute Gasteiger partial charge is 0.444 e. The molecule has 1 heterocycles. The zero-order valence-electron chi connectivity index (χ0n) is 19.1. The topological polar surface area (TPSA) is 117 Å². The zero-order valence-corrected chi connectivity index (χ0v) is 20.7. The summed E-state index contributed by atoms with van der Waals surface area (Å²) in [4.78, 5) is 27.4. The molecule has 1 saturated heterocycles. The average molecular weight is 496 g/mol. The van der Waals surface area contributed by atoms with E-state index in [1.165, 1.54) is 12.1 Å². The summed E-state index contributed by atoms with van der Waals surface area (Å²) in [6, 6.07) is 7.25. The number of nitriles is 1. The molecular weight excluding hydrogens is 466 g/mol. The van der Waals surface area contributed by atoms with Crippen LogP contribution in [-0.4, -0.2) is 54.3 Å². The SMILES string of the molecule is CC(C)(C)OC(=O)N1CC(S(=O)(=O)c2ccccc2Cl)CC1C(=O)NC1(C#N)CCCCC1. The van der Waals surface area contributed by atoms with E-state index in [9.17, 15) is 23.3 Å². The summed E-state index contributed by atoms with van der Waals surface area (Å²) < 4.78 is 32.1. The highest BCUT2D eigenvalue weighted by Gasteiger charge is 2.48. The van der Waals surface area contributed by atoms with Crippen molar-refractivity contribution >= 4 is 33.4 Å². The first-order valence-electron chi connectivity index (χ1n) is 11.1. The number of halogens is 1. The van der Waals surface area contributed by atoms with Crippen LogP contribution in [0.4, 0.5) is 4.79 Å². The fourth-order valence-electron chi connectivity index (χ4n) is 4.39. The molecule has 3 rings (SSSR count). The van der Waals surface area contributed by atoms with Crippen molar-refractivity contribution in [3.05, 3.63) is 29.3 Å². The number of sulfone groups is 1. The number of amides is 2. The Balaban J connectivity index is 1.90. The molecule has 180 valence electrons. The van der Waals surface area contributed by atoms with Crippen LogP contribution < -0.4 is 5.32 Å². The second-order valence-corrected chi connectivity index (χ2v) is 12.3. The van der Waals surface area contributed by atoms with Gasteiger partial charge < -0.3 is 10.1 Å². The van der Waals surface area contributed by atoms with Crippen LogP contribution in [0.15, 0.2) is 29.2 Å². The summed E-state index contributed by atoms with van der Waals surface area (Å²) in [5.74, 6) is -0.541. The second-order valence-electron chi connectivity index (χ2n) is 9.73. The minimum absolute atomic E-state index is 0.0392. The van der Waals surface area contributed by atoms with Gasteiger partial charge in [-0.25, -0.2) is 13.2 Å². The maximum Gasteiger partial charge on any atom is 0.411 e. The summed E-state index contributed by atoms with van der Waals surface area (Å²) in [5.41, 5.74) is -1.83. The summed E-state index contributed by atoms with van der Waals surface area (Å²) in [6.45, 7) is 4.88. The van der Waals surface area contributed by atoms with E-state index >= 15 is 0 Å². The van der Waals surface area contributed by atoms with Crippen LogP contribution in [0, 0.1) is 11.3 Å². The highest BCUT2D eigenvalue weighted by Crippen LogP contribution is 2.34. The number of hydrogen-bond donors (Lipinski definition) is 1. The first-order valence-corrected chi connectivity index (χ1v) is 13.0. The quantitative estimate of drug-likeness (QED) is 0.678. The Morgan fingerprint density at radius 2 is 1.85 bits per heavy atom. The summed E-state index contributed by atoms with van der Waals surface area (Å²) in [6.07, 6.45) is 2.79. The third-order valence-electron chi connectivity index (χ3n) is 6.06. The summed E-state index contributed by atoms with van der Waals surface area (Å²) >= 11 is 6.14. The van der Waals surface area contributed by atoms with Crippen molar-refractivity contribution in [1.29, 1.82) is 5.26 Å². The third kappa shape index (κ3) is 5.61. The van der Waals surface area contributed by atoms with E-state index in [2.05, 4.69) is 11.4 Å². The van der Waals surface area contributed by atoms with E-state index in [-0.39, 0.29) is 22.9 Å². The number of carbonyl (C=O) groups is 2. The van der Waals surface area contributed by atoms with Crippen molar-refractivity contribution in [3.8, 4) is 6.07 Å². The molecule has 0 bridgehead atoms. The van der Waals surface area contributed by atoms with Gasteiger partial charge in [-0.3, -0.25) is 9.69 Å². The highest BCUT2D eigenvalue weighted by molar-refractivity contribution is 7.92. The normalized spacial score (nSPS) is 22.9. The molecule has 2 aliphatic rings. The van der Waals surface area contributed by atoms with Crippen LogP contribution in [0.5, 0.6) is 0 Å². The van der Waals surface area contributed by atoms with Gasteiger partial charge in [0.25, 0.3) is 0 Å². The smallest absolute Gasteiger partial charge is 0.411 e. The number of nitrogens with one attached hydrogen (secondary N) is 1. The molecule has 1 saturated carbocycles. The number of nitrogens with zero attached hydrogens (tertiary/aromatic N) is 2. The van der Waals surface area contributed by atoms with E-state index in [1.807, 2.05) is 0 Å². The molecule has 2 fully saturated rings. The Kier molecular flexibility index (Phi) is 7.30. The predicted molar refractivity (Wildman–Crippen MR) is 123 cm³/mol. The Morgan fingerprint density at radius 1 is 1.21 bits per heavy atom. The molecule has 0 spiro atoms. The van der Waals surface area contributed by atoms with Crippen molar-refractivity contribution in [3.63, 3.8) is 0 Å². The molecule has 1 aromatic carbocycles. The Labute approximate surface area is 200 Å². The van der Waals surface area contributed by atoms with Crippen LogP contribution in [0.2, 0.25) is 5.02 Å². The van der Waals surface area contributed by atoms with Crippen LogP contribution in [0.1, 0.15) is 59.3 Å². The third-order valence-corrected chi connectivity index (χ3v) is 8.69. The molecule has 1 aliphatic carbocycles. The van der Waals surface area contributed by atoms with Crippen LogP contribution >= 0.6 is 11.6 Å². The van der Waals surface area contributed by atoms with E-state index in [1.54, 1.807) is 32.9 Å². The lowest BCUT2D eigenvalue weighted by molar-refractivity contribution is -0.127. The summed E-state index contributed by atoms with van der Waals surface area (Å²) in [7, 11) is -3.93. The number of rotatable bonds is 4. The van der Waals surface area contributed by atoms with Gasteiger partial charge >= 0.3 is 6.09 Å². The monoisotopic (exact) mass is 495 g/mol. The van der Waals surface area contributed by atoms with Crippen LogP contribution in [-0.2, 0) is 19.4 Å². The van der Waals surface area contributed by atoms with E-state index in [0.29, 0.717) is 12.8 Å². The van der Waals surface area contributed by atoms with Crippen molar-refractivity contribution < 1.29 is 22.7 Å². The van der Waals surface area contributed by atoms with Crippen molar-refractivity contribution in [2.75, 3.05) is 6.54 Å². The maximum absolute atomic E-state index is 13.3. The standard InChI is InChI=1S/C23H30ClN3O5S/c1-22(2,3)32-21(29)27-14-16(33(30,31)19-10-6-5-9-17(19)24)13-18(27)20(28)26-23(15-25)11-7-4-8-12-23/h5-6,9-10,16,18H,4,7-8,11-14H2,1-3H3,(H,26,28). The van der Waals surface area contributed by atoms with Crippen LogP contribution in [0.25, 0.3) is 0 Å². The van der Waals surface area contributed by atoms with Gasteiger partial charge in [-0.05, 0) is 52.2 Å². The molecule has 2 atom stereocenters. The van der Waals surface area contributed by atoms with Gasteiger partial charge in [-0.15, -0.1) is 0 Å². The number of carbonyl (C=O) groups excluding carboxylic acids is 2. The molecule has 10 heteroatoms. The van der Waals surface area contributed by atoms with E-state index < -0.39 is 44.3 Å². The van der Waals surface area contributed by atoms with Gasteiger partial charge in [0, 0.05) is 6.54 Å². The minimum Gasteiger partial charge on any atom is -0.444 e. The molecule has 2 amide bonds. The lowest BCUT2D eigenvalue weighted by Crippen LogP contribution is -2.55. The van der Waals surface area contributed by atoms with Gasteiger partial charge in [-0.2, -0.15) is 5.26 Å².